The minimum absolute atomic E-state index is 0. The van der Waals surface area contributed by atoms with Crippen molar-refractivity contribution in [3.05, 3.63) is 110 Å². The summed E-state index contributed by atoms with van der Waals surface area (Å²) < 4.78 is 66.5. The fourth-order valence-corrected chi connectivity index (χ4v) is 13.1. The molecule has 0 aliphatic carbocycles. The van der Waals surface area contributed by atoms with Crippen LogP contribution in [0.5, 0.6) is 0 Å². The second-order valence-electron chi connectivity index (χ2n) is 25.1. The van der Waals surface area contributed by atoms with Crippen LogP contribution < -0.4 is 25.0 Å². The number of nitrogens with zero attached hydrogens (tertiary/aromatic N) is 9. The van der Waals surface area contributed by atoms with Crippen LogP contribution in [0.1, 0.15) is 181 Å². The van der Waals surface area contributed by atoms with Gasteiger partial charge in [0.05, 0.1) is 58.5 Å². The maximum absolute atomic E-state index is 13.9. The number of alkyl carbamates (subject to hydrolysis) is 1. The molecule has 0 bridgehead atoms. The van der Waals surface area contributed by atoms with Gasteiger partial charge in [-0.2, -0.15) is 10.2 Å². The van der Waals surface area contributed by atoms with E-state index >= 15 is 0 Å². The third kappa shape index (κ3) is 19.5. The number of anilines is 3. The summed E-state index contributed by atoms with van der Waals surface area (Å²) in [5.74, 6) is 0.0730. The van der Waals surface area contributed by atoms with E-state index < -0.39 is 31.2 Å². The van der Waals surface area contributed by atoms with Gasteiger partial charge in [-0.05, 0) is 169 Å². The number of likely N-dealkylation sites (tertiary alicyclic amines) is 2. The molecule has 28 heteroatoms. The number of halogens is 3. The highest BCUT2D eigenvalue weighted by Crippen LogP contribution is 2.37. The van der Waals surface area contributed by atoms with Gasteiger partial charge in [-0.25, -0.2) is 40.6 Å². The highest BCUT2D eigenvalue weighted by Gasteiger charge is 2.35. The number of sulfonamides is 2. The largest absolute Gasteiger partial charge is 0.460 e. The van der Waals surface area contributed by atoms with E-state index in [4.69, 9.17) is 54.4 Å². The highest BCUT2D eigenvalue weighted by atomic mass is 35.5. The predicted octanol–water partition coefficient (Wildman–Crippen LogP) is 11.5. The molecule has 8 heterocycles. The summed E-state index contributed by atoms with van der Waals surface area (Å²) >= 11 is 18.5. The third-order valence-corrected chi connectivity index (χ3v) is 17.3. The Hall–Kier alpha value is -6.51. The normalized spacial score (nSPS) is 18.8. The lowest BCUT2D eigenvalue weighted by molar-refractivity contribution is -0.155. The third-order valence-electron chi connectivity index (χ3n) is 15.2. The van der Waals surface area contributed by atoms with Gasteiger partial charge in [-0.1, -0.05) is 42.2 Å². The summed E-state index contributed by atoms with van der Waals surface area (Å²) in [4.78, 5) is 66.2. The van der Waals surface area contributed by atoms with Crippen LogP contribution in [0.25, 0.3) is 11.3 Å². The fraction of sp³-hybridized carbons (Fsp3) is 0.548. The number of ether oxygens (including phenoxy) is 2. The molecule has 0 unspecified atom stereocenters. The number of carbonyl (C=O) groups is 4. The summed E-state index contributed by atoms with van der Waals surface area (Å²) in [6, 6.07) is 12.9. The van der Waals surface area contributed by atoms with Crippen molar-refractivity contribution in [3.63, 3.8) is 0 Å². The molecule has 23 nitrogen and oxygen atoms in total. The number of nitrogens with one attached hydrogen (secondary N) is 4. The maximum atomic E-state index is 13.9. The lowest BCUT2D eigenvalue weighted by Gasteiger charge is -2.35. The van der Waals surface area contributed by atoms with Gasteiger partial charge in [0.1, 0.15) is 22.2 Å². The van der Waals surface area contributed by atoms with Crippen molar-refractivity contribution >= 4 is 107 Å². The molecule has 4 saturated heterocycles. The SMILES string of the molecule is C.CC(C)(C)OC(=O)NC[C@@H]1CCCN1.Cc1cn2nc([C@@H]3CCCCN3C(=O)c3cc(Cl)ccc3NS(C)(=O)=O)cc2nc1Cl.Cc1cn2nc([C@@H]3CCCCN3C(=O)c3cc(Cl)ccc3NS(C)(=O)=O)cc2nc1N1CCC[C@H]1CCC(=O)OC(C)(C)C. The van der Waals surface area contributed by atoms with Crippen molar-refractivity contribution in [2.45, 2.75) is 175 Å². The smallest absolute Gasteiger partial charge is 0.407 e. The second kappa shape index (κ2) is 29.8. The second-order valence-corrected chi connectivity index (χ2v) is 29.9. The molecule has 0 radical (unpaired) electrons. The first-order chi connectivity index (χ1) is 41.8. The van der Waals surface area contributed by atoms with Gasteiger partial charge in [-0.3, -0.25) is 23.8 Å². The lowest BCUT2D eigenvalue weighted by atomic mass is 9.98. The minimum Gasteiger partial charge on any atom is -0.460 e. The van der Waals surface area contributed by atoms with Crippen molar-refractivity contribution in [1.82, 2.24) is 49.6 Å². The number of aromatic nitrogens is 6. The van der Waals surface area contributed by atoms with Gasteiger partial charge in [-0.15, -0.1) is 0 Å². The number of hydrogen-bond acceptors (Lipinski definition) is 16. The molecule has 10 rings (SSSR count). The first-order valence-electron chi connectivity index (χ1n) is 30.0. The van der Waals surface area contributed by atoms with E-state index in [1.807, 2.05) is 73.7 Å². The monoisotopic (exact) mass is 1340 g/mol. The van der Waals surface area contributed by atoms with Crippen LogP contribution in [0.4, 0.5) is 22.0 Å². The molecule has 4 aromatic heterocycles. The van der Waals surface area contributed by atoms with Crippen LogP contribution in [0.2, 0.25) is 15.2 Å². The first-order valence-corrected chi connectivity index (χ1v) is 34.9. The Balaban J connectivity index is 0.000000216. The Morgan fingerprint density at radius 3 is 1.64 bits per heavy atom. The Bertz CT molecular complexity index is 3750. The predicted molar refractivity (Wildman–Crippen MR) is 353 cm³/mol. The number of rotatable bonds is 14. The number of carbonyl (C=O) groups excluding carboxylic acids is 4. The van der Waals surface area contributed by atoms with Gasteiger partial charge < -0.3 is 34.8 Å². The zero-order valence-corrected chi connectivity index (χ0v) is 56.1. The molecule has 4 atom stereocenters. The fourth-order valence-electron chi connectivity index (χ4n) is 11.4. The van der Waals surface area contributed by atoms with E-state index in [0.29, 0.717) is 70.7 Å². The minimum atomic E-state index is -3.61. The van der Waals surface area contributed by atoms with E-state index in [-0.39, 0.29) is 71.9 Å². The van der Waals surface area contributed by atoms with Crippen molar-refractivity contribution < 1.29 is 45.5 Å². The number of piperidine rings is 2. The maximum Gasteiger partial charge on any atom is 0.407 e. The summed E-state index contributed by atoms with van der Waals surface area (Å²) in [7, 11) is -7.18. The molecular weight excluding hydrogens is 1260 g/mol. The van der Waals surface area contributed by atoms with E-state index in [2.05, 4.69) is 35.1 Å². The van der Waals surface area contributed by atoms with Gasteiger partial charge in [0.25, 0.3) is 11.8 Å². The highest BCUT2D eigenvalue weighted by molar-refractivity contribution is 7.92. The zero-order valence-electron chi connectivity index (χ0n) is 52.2. The Morgan fingerprint density at radius 1 is 0.644 bits per heavy atom. The quantitative estimate of drug-likeness (QED) is 0.0583. The van der Waals surface area contributed by atoms with Gasteiger partial charge >= 0.3 is 12.1 Å². The van der Waals surface area contributed by atoms with Crippen LogP contribution >= 0.6 is 34.8 Å². The van der Waals surface area contributed by atoms with Crippen LogP contribution in [0, 0.1) is 13.8 Å². The lowest BCUT2D eigenvalue weighted by Crippen LogP contribution is -2.39. The van der Waals surface area contributed by atoms with Crippen LogP contribution in [0.15, 0.2) is 60.9 Å². The average Bonchev–Trinajstić information content (AvgIpc) is 1.59. The summed E-state index contributed by atoms with van der Waals surface area (Å²) in [6.45, 7) is 18.7. The first kappa shape index (κ1) is 70.9. The van der Waals surface area contributed by atoms with Gasteiger partial charge in [0, 0.05) is 90.4 Å². The number of esters is 1. The number of aryl methyl sites for hydroxylation is 2. The van der Waals surface area contributed by atoms with Crippen molar-refractivity contribution in [3.8, 4) is 0 Å². The summed E-state index contributed by atoms with van der Waals surface area (Å²) in [6.07, 6.45) is 15.9. The molecule has 2 aromatic carbocycles. The molecule has 4 aliphatic rings. The Morgan fingerprint density at radius 2 is 1.16 bits per heavy atom. The van der Waals surface area contributed by atoms with E-state index in [9.17, 15) is 36.0 Å². The van der Waals surface area contributed by atoms with Crippen molar-refractivity contribution in [1.29, 1.82) is 0 Å². The van der Waals surface area contributed by atoms with Crippen LogP contribution in [-0.2, 0) is 34.3 Å². The number of hydrogen-bond donors (Lipinski definition) is 4. The van der Waals surface area contributed by atoms with Crippen LogP contribution in [-0.4, -0.2) is 148 Å². The molecular formula is C62H86Cl3N13O10S2. The number of benzene rings is 2. The number of fused-ring (bicyclic) bond motifs is 2. The molecule has 0 saturated carbocycles. The number of amides is 3. The van der Waals surface area contributed by atoms with E-state index in [1.54, 1.807) is 37.2 Å². The average molecular weight is 1340 g/mol. The van der Waals surface area contributed by atoms with Gasteiger partial charge in [0.2, 0.25) is 20.0 Å². The Labute approximate surface area is 543 Å². The molecule has 4 aliphatic heterocycles. The molecule has 4 N–H and O–H groups in total. The van der Waals surface area contributed by atoms with Crippen molar-refractivity contribution in [2.24, 2.45) is 0 Å². The molecule has 90 heavy (non-hydrogen) atoms. The zero-order chi connectivity index (χ0) is 64.8. The molecule has 0 spiro atoms. The van der Waals surface area contributed by atoms with Gasteiger partial charge in [0.15, 0.2) is 11.3 Å². The molecule has 4 fully saturated rings. The summed E-state index contributed by atoms with van der Waals surface area (Å²) in [5.41, 5.74) is 4.36. The molecule has 492 valence electrons. The van der Waals surface area contributed by atoms with E-state index in [1.165, 1.54) is 30.7 Å². The standard InChI is InChI=1S/C31H41ClN6O5S.C20H21Cl2N5O3S.C10H20N2O2.CH4/c1-20-19-38-27(33-29(20)36-16-8-9-22(36)12-14-28(39)43-31(2,3)4)18-25(34-38)26-10-6-7-15-37(26)30(40)23-17-21(32)11-13-24(23)35-44(5,41)42;1-12-11-27-18(23-19(12)22)10-16(24-27)17-5-3-4-8-26(17)20(28)14-9-13(21)6-7-15(14)25-31(2,29)30;1-10(2,3)14-9(13)12-7-8-5-4-6-11-8;/h11,13,17-19,22,26,35H,6-10,12,14-16H2,1-5H3;6-7,9-11,17,25H,3-5,8H2,1-2H3;8,11H,4-7H2,1-3H3,(H,12,13);1H4/t22-,26-;17-;8-;/m000./s1. The molecule has 3 amide bonds. The van der Waals surface area contributed by atoms with E-state index in [0.717, 1.165) is 106 Å². The summed E-state index contributed by atoms with van der Waals surface area (Å²) in [5, 5.41) is 16.6. The van der Waals surface area contributed by atoms with Crippen molar-refractivity contribution in [2.75, 3.05) is 59.6 Å². The van der Waals surface area contributed by atoms with Crippen LogP contribution in [0.3, 0.4) is 0 Å². The Kier molecular flexibility index (Phi) is 23.5. The molecule has 6 aromatic rings. The topological polar surface area (TPSA) is 273 Å².